The average Bonchev–Trinajstić information content (AvgIpc) is 3.00. The third-order valence-corrected chi connectivity index (χ3v) is 5.85. The molecule has 0 aliphatic heterocycles. The number of aryl methyl sites for hydroxylation is 1. The molecule has 2 rings (SSSR count). The maximum absolute atomic E-state index is 11.9. The highest BCUT2D eigenvalue weighted by Gasteiger charge is 2.43. The Bertz CT molecular complexity index is 788. The lowest BCUT2D eigenvalue weighted by molar-refractivity contribution is -0.131. The molecule has 0 spiro atoms. The average molecular weight is 338 g/mol. The maximum Gasteiger partial charge on any atom is 0.264 e. The van der Waals surface area contributed by atoms with E-state index in [1.165, 1.54) is 17.1 Å². The second-order valence-electron chi connectivity index (χ2n) is 5.43. The molecule has 1 heterocycles. The van der Waals surface area contributed by atoms with Gasteiger partial charge in [-0.15, -0.1) is 5.10 Å². The Kier molecular flexibility index (Phi) is 4.81. The molecule has 0 fully saturated rings. The van der Waals surface area contributed by atoms with Crippen molar-refractivity contribution in [3.05, 3.63) is 36.5 Å². The van der Waals surface area contributed by atoms with Crippen LogP contribution in [0.25, 0.3) is 11.3 Å². The smallest absolute Gasteiger partial charge is 0.264 e. The Morgan fingerprint density at radius 3 is 2.57 bits per heavy atom. The Labute approximate surface area is 134 Å². The molecule has 0 unspecified atom stereocenters. The van der Waals surface area contributed by atoms with Gasteiger partial charge in [0.05, 0.1) is 6.20 Å². The van der Waals surface area contributed by atoms with Gasteiger partial charge in [-0.05, 0) is 13.3 Å². The molecule has 2 aromatic rings. The molecule has 1 amide bonds. The third kappa shape index (κ3) is 3.57. The standard InChI is InChI=1S/C14H18N4O4S/c1-14(13(19)16-20,23(2,21)22)8-9-18-10-12(15-17-18)11-6-4-3-5-7-11/h3-7,10,20H,8-9H2,1-2H3,(H,16,19)/t14-/m1/s1. The van der Waals surface area contributed by atoms with Crippen LogP contribution in [0, 0.1) is 0 Å². The first-order valence-electron chi connectivity index (χ1n) is 6.87. The van der Waals surface area contributed by atoms with E-state index >= 15 is 0 Å². The van der Waals surface area contributed by atoms with Crippen molar-refractivity contribution in [1.82, 2.24) is 20.5 Å². The van der Waals surface area contributed by atoms with Gasteiger partial charge in [-0.1, -0.05) is 35.5 Å². The zero-order valence-corrected chi connectivity index (χ0v) is 13.6. The fourth-order valence-electron chi connectivity index (χ4n) is 2.06. The van der Waals surface area contributed by atoms with E-state index in [9.17, 15) is 13.2 Å². The number of sulfone groups is 1. The normalized spacial score (nSPS) is 14.2. The minimum absolute atomic E-state index is 0.0458. The first kappa shape index (κ1) is 17.1. The maximum atomic E-state index is 11.9. The molecule has 0 aliphatic rings. The van der Waals surface area contributed by atoms with Crippen LogP contribution in [0.4, 0.5) is 0 Å². The van der Waals surface area contributed by atoms with Crippen LogP contribution in [-0.2, 0) is 21.2 Å². The van der Waals surface area contributed by atoms with Crippen molar-refractivity contribution in [2.75, 3.05) is 6.26 Å². The van der Waals surface area contributed by atoms with Crippen molar-refractivity contribution < 1.29 is 18.4 Å². The van der Waals surface area contributed by atoms with Gasteiger partial charge in [0.15, 0.2) is 14.6 Å². The quantitative estimate of drug-likeness (QED) is 0.590. The predicted molar refractivity (Wildman–Crippen MR) is 83.3 cm³/mol. The molecule has 2 N–H and O–H groups in total. The third-order valence-electron chi connectivity index (χ3n) is 3.83. The van der Waals surface area contributed by atoms with E-state index in [0.29, 0.717) is 5.69 Å². The first-order valence-corrected chi connectivity index (χ1v) is 8.77. The topological polar surface area (TPSA) is 114 Å². The first-order chi connectivity index (χ1) is 10.8. The summed E-state index contributed by atoms with van der Waals surface area (Å²) in [7, 11) is -3.72. The summed E-state index contributed by atoms with van der Waals surface area (Å²) in [6.45, 7) is 1.43. The summed E-state index contributed by atoms with van der Waals surface area (Å²) >= 11 is 0. The molecule has 9 heteroatoms. The van der Waals surface area contributed by atoms with Crippen LogP contribution in [0.1, 0.15) is 13.3 Å². The molecule has 1 atom stereocenters. The van der Waals surface area contributed by atoms with Crippen molar-refractivity contribution in [2.24, 2.45) is 0 Å². The van der Waals surface area contributed by atoms with Gasteiger partial charge < -0.3 is 0 Å². The van der Waals surface area contributed by atoms with Crippen molar-refractivity contribution in [3.8, 4) is 11.3 Å². The largest absolute Gasteiger partial charge is 0.289 e. The molecule has 0 aliphatic carbocycles. The van der Waals surface area contributed by atoms with E-state index in [0.717, 1.165) is 11.8 Å². The second-order valence-corrected chi connectivity index (χ2v) is 7.87. The SMILES string of the molecule is C[C@@](CCn1cc(-c2ccccc2)nn1)(C(=O)NO)S(C)(=O)=O. The van der Waals surface area contributed by atoms with Crippen molar-refractivity contribution >= 4 is 15.7 Å². The zero-order valence-electron chi connectivity index (χ0n) is 12.8. The van der Waals surface area contributed by atoms with Crippen LogP contribution in [0.15, 0.2) is 36.5 Å². The Morgan fingerprint density at radius 1 is 1.35 bits per heavy atom. The van der Waals surface area contributed by atoms with E-state index in [4.69, 9.17) is 5.21 Å². The Hall–Kier alpha value is -2.26. The van der Waals surface area contributed by atoms with Crippen molar-refractivity contribution in [1.29, 1.82) is 0 Å². The lowest BCUT2D eigenvalue weighted by Crippen LogP contribution is -2.49. The van der Waals surface area contributed by atoms with E-state index < -0.39 is 20.5 Å². The highest BCUT2D eigenvalue weighted by atomic mass is 32.2. The Balaban J connectivity index is 2.17. The molecule has 0 radical (unpaired) electrons. The van der Waals surface area contributed by atoms with Gasteiger partial charge >= 0.3 is 0 Å². The van der Waals surface area contributed by atoms with Crippen LogP contribution in [0.5, 0.6) is 0 Å². The fraction of sp³-hybridized carbons (Fsp3) is 0.357. The fourth-order valence-corrected chi connectivity index (χ4v) is 2.91. The molecule has 0 saturated heterocycles. The number of carbonyl (C=O) groups is 1. The molecule has 23 heavy (non-hydrogen) atoms. The van der Waals surface area contributed by atoms with Crippen LogP contribution in [0.2, 0.25) is 0 Å². The second kappa shape index (κ2) is 6.47. The zero-order chi connectivity index (χ0) is 17.1. The van der Waals surface area contributed by atoms with Gasteiger partial charge in [0, 0.05) is 18.4 Å². The summed E-state index contributed by atoms with van der Waals surface area (Å²) in [5, 5.41) is 16.8. The molecular formula is C14H18N4O4S. The molecule has 124 valence electrons. The van der Waals surface area contributed by atoms with Crippen LogP contribution in [0.3, 0.4) is 0 Å². The summed E-state index contributed by atoms with van der Waals surface area (Å²) in [6.07, 6.45) is 2.59. The number of hydrogen-bond donors (Lipinski definition) is 2. The molecular weight excluding hydrogens is 320 g/mol. The van der Waals surface area contributed by atoms with Crippen LogP contribution < -0.4 is 5.48 Å². The summed E-state index contributed by atoms with van der Waals surface area (Å²) in [6, 6.07) is 9.41. The number of rotatable bonds is 6. The molecule has 1 aromatic carbocycles. The molecule has 1 aromatic heterocycles. The van der Waals surface area contributed by atoms with Gasteiger partial charge in [-0.25, -0.2) is 13.9 Å². The van der Waals surface area contributed by atoms with Crippen molar-refractivity contribution in [3.63, 3.8) is 0 Å². The lowest BCUT2D eigenvalue weighted by Gasteiger charge is -2.24. The number of aromatic nitrogens is 3. The number of nitrogens with zero attached hydrogens (tertiary/aromatic N) is 3. The monoisotopic (exact) mass is 338 g/mol. The summed E-state index contributed by atoms with van der Waals surface area (Å²) in [4.78, 5) is 11.7. The number of amides is 1. The van der Waals surface area contributed by atoms with E-state index in [-0.39, 0.29) is 13.0 Å². The lowest BCUT2D eigenvalue weighted by atomic mass is 10.1. The highest BCUT2D eigenvalue weighted by molar-refractivity contribution is 7.92. The van der Waals surface area contributed by atoms with Gasteiger partial charge in [0.2, 0.25) is 0 Å². The minimum atomic E-state index is -3.72. The van der Waals surface area contributed by atoms with Crippen LogP contribution >= 0.6 is 0 Å². The number of carbonyl (C=O) groups excluding carboxylic acids is 1. The van der Waals surface area contributed by atoms with Gasteiger partial charge in [0.1, 0.15) is 5.69 Å². The predicted octanol–water partition coefficient (Wildman–Crippen LogP) is 0.644. The number of benzene rings is 1. The summed E-state index contributed by atoms with van der Waals surface area (Å²) in [5.41, 5.74) is 2.95. The van der Waals surface area contributed by atoms with Gasteiger partial charge in [-0.2, -0.15) is 0 Å². The van der Waals surface area contributed by atoms with Crippen LogP contribution in [-0.4, -0.2) is 45.5 Å². The molecule has 0 saturated carbocycles. The van der Waals surface area contributed by atoms with E-state index in [2.05, 4.69) is 10.3 Å². The van der Waals surface area contributed by atoms with Crippen molar-refractivity contribution in [2.45, 2.75) is 24.6 Å². The minimum Gasteiger partial charge on any atom is -0.289 e. The van der Waals surface area contributed by atoms with Gasteiger partial charge in [0.25, 0.3) is 5.91 Å². The van der Waals surface area contributed by atoms with Gasteiger partial charge in [-0.3, -0.25) is 14.7 Å². The van der Waals surface area contributed by atoms with E-state index in [1.54, 1.807) is 6.20 Å². The summed E-state index contributed by atoms with van der Waals surface area (Å²) in [5.74, 6) is -0.969. The highest BCUT2D eigenvalue weighted by Crippen LogP contribution is 2.22. The number of nitrogens with one attached hydrogen (secondary N) is 1. The number of hydroxylamine groups is 1. The number of hydrogen-bond acceptors (Lipinski definition) is 6. The van der Waals surface area contributed by atoms with E-state index in [1.807, 2.05) is 30.3 Å². The Morgan fingerprint density at radius 2 is 2.00 bits per heavy atom. The molecule has 8 nitrogen and oxygen atoms in total. The molecule has 0 bridgehead atoms. The summed E-state index contributed by atoms with van der Waals surface area (Å²) < 4.78 is 23.5.